The minimum atomic E-state index is -0.514. The van der Waals surface area contributed by atoms with Crippen LogP contribution < -0.4 is 15.4 Å². The molecular formula is C37H28Cl2N2O4S. The fourth-order valence-corrected chi connectivity index (χ4v) is 5.67. The van der Waals surface area contributed by atoms with Crippen molar-refractivity contribution in [1.29, 1.82) is 0 Å². The highest BCUT2D eigenvalue weighted by Crippen LogP contribution is 2.26. The Morgan fingerprint density at radius 1 is 0.761 bits per heavy atom. The van der Waals surface area contributed by atoms with E-state index in [2.05, 4.69) is 10.6 Å². The number of anilines is 1. The van der Waals surface area contributed by atoms with E-state index in [0.717, 1.165) is 10.5 Å². The Morgan fingerprint density at radius 2 is 1.48 bits per heavy atom. The Labute approximate surface area is 281 Å². The van der Waals surface area contributed by atoms with Gasteiger partial charge in [0.25, 0.3) is 11.8 Å². The van der Waals surface area contributed by atoms with Gasteiger partial charge in [-0.25, -0.2) is 0 Å². The highest BCUT2D eigenvalue weighted by molar-refractivity contribution is 8.00. The first kappa shape index (κ1) is 32.6. The van der Waals surface area contributed by atoms with Crippen molar-refractivity contribution in [1.82, 2.24) is 5.32 Å². The van der Waals surface area contributed by atoms with Crippen LogP contribution in [0, 0.1) is 0 Å². The van der Waals surface area contributed by atoms with Crippen molar-refractivity contribution in [3.63, 3.8) is 0 Å². The highest BCUT2D eigenvalue weighted by atomic mass is 35.5. The second-order valence-electron chi connectivity index (χ2n) is 10.0. The Hall–Kier alpha value is -4.82. The average molecular weight is 668 g/mol. The summed E-state index contributed by atoms with van der Waals surface area (Å²) in [6.45, 7) is 0.428. The lowest BCUT2D eigenvalue weighted by atomic mass is 10.1. The molecule has 5 rings (SSSR count). The van der Waals surface area contributed by atoms with Gasteiger partial charge in [0.05, 0.1) is 10.8 Å². The predicted molar refractivity (Wildman–Crippen MR) is 186 cm³/mol. The van der Waals surface area contributed by atoms with Crippen LogP contribution in [0.4, 0.5) is 5.69 Å². The molecule has 0 bridgehead atoms. The van der Waals surface area contributed by atoms with E-state index in [-0.39, 0.29) is 17.2 Å². The van der Waals surface area contributed by atoms with Crippen molar-refractivity contribution in [2.24, 2.45) is 0 Å². The van der Waals surface area contributed by atoms with Gasteiger partial charge in [0.1, 0.15) is 18.1 Å². The first-order chi connectivity index (χ1) is 22.3. The number of hydrogen-bond donors (Lipinski definition) is 2. The molecule has 46 heavy (non-hydrogen) atoms. The SMILES string of the molecule is O=C(Nc1cccc(SCC(=O)c2ccc(Cl)cc2Cl)c1)/C(=C/c1ccc(OCc2ccccc2)cc1)NC(=O)c1ccccc1. The van der Waals surface area contributed by atoms with Gasteiger partial charge in [-0.15, -0.1) is 11.8 Å². The first-order valence-corrected chi connectivity index (χ1v) is 16.0. The molecule has 9 heteroatoms. The van der Waals surface area contributed by atoms with E-state index < -0.39 is 11.8 Å². The molecule has 0 saturated heterocycles. The van der Waals surface area contributed by atoms with E-state index in [9.17, 15) is 14.4 Å². The van der Waals surface area contributed by atoms with Gasteiger partial charge in [-0.1, -0.05) is 89.9 Å². The third-order valence-electron chi connectivity index (χ3n) is 6.66. The number of carbonyl (C=O) groups excluding carboxylic acids is 3. The summed E-state index contributed by atoms with van der Waals surface area (Å²) in [7, 11) is 0. The molecule has 5 aromatic carbocycles. The summed E-state index contributed by atoms with van der Waals surface area (Å²) < 4.78 is 5.88. The van der Waals surface area contributed by atoms with Gasteiger partial charge in [0.2, 0.25) is 0 Å². The molecular weight excluding hydrogens is 639 g/mol. The molecule has 5 aromatic rings. The molecule has 0 saturated carbocycles. The van der Waals surface area contributed by atoms with Crippen LogP contribution in [0.2, 0.25) is 10.0 Å². The molecule has 0 spiro atoms. The Balaban J connectivity index is 1.29. The molecule has 0 aliphatic heterocycles. The normalized spacial score (nSPS) is 11.0. The van der Waals surface area contributed by atoms with Crippen LogP contribution in [-0.4, -0.2) is 23.4 Å². The van der Waals surface area contributed by atoms with Crippen LogP contribution in [0.5, 0.6) is 5.75 Å². The molecule has 2 N–H and O–H groups in total. The number of ketones is 1. The van der Waals surface area contributed by atoms with Gasteiger partial charge in [0.15, 0.2) is 5.78 Å². The number of amides is 2. The first-order valence-electron chi connectivity index (χ1n) is 14.2. The van der Waals surface area contributed by atoms with E-state index in [4.69, 9.17) is 27.9 Å². The smallest absolute Gasteiger partial charge is 0.272 e. The number of nitrogens with one attached hydrogen (secondary N) is 2. The number of ether oxygens (including phenoxy) is 1. The highest BCUT2D eigenvalue weighted by Gasteiger charge is 2.16. The maximum Gasteiger partial charge on any atom is 0.272 e. The third-order valence-corrected chi connectivity index (χ3v) is 8.20. The maximum absolute atomic E-state index is 13.5. The lowest BCUT2D eigenvalue weighted by Crippen LogP contribution is -2.30. The molecule has 0 unspecified atom stereocenters. The average Bonchev–Trinajstić information content (AvgIpc) is 3.07. The van der Waals surface area contributed by atoms with E-state index in [0.29, 0.717) is 44.8 Å². The van der Waals surface area contributed by atoms with Gasteiger partial charge < -0.3 is 15.4 Å². The Kier molecular flexibility index (Phi) is 11.3. The second kappa shape index (κ2) is 16.0. The van der Waals surface area contributed by atoms with Crippen molar-refractivity contribution < 1.29 is 19.1 Å². The third kappa shape index (κ3) is 9.34. The van der Waals surface area contributed by atoms with E-state index >= 15 is 0 Å². The molecule has 0 aliphatic rings. The molecule has 0 radical (unpaired) electrons. The van der Waals surface area contributed by atoms with Gasteiger partial charge in [-0.2, -0.15) is 0 Å². The summed E-state index contributed by atoms with van der Waals surface area (Å²) in [6, 6.07) is 37.6. The van der Waals surface area contributed by atoms with Crippen molar-refractivity contribution in [3.8, 4) is 5.75 Å². The van der Waals surface area contributed by atoms with Gasteiger partial charge in [0, 0.05) is 26.7 Å². The van der Waals surface area contributed by atoms with Crippen LogP contribution in [0.15, 0.2) is 138 Å². The summed E-state index contributed by atoms with van der Waals surface area (Å²) in [6.07, 6.45) is 1.60. The van der Waals surface area contributed by atoms with Gasteiger partial charge >= 0.3 is 0 Å². The van der Waals surface area contributed by atoms with E-state index in [1.165, 1.54) is 17.8 Å². The van der Waals surface area contributed by atoms with Crippen molar-refractivity contribution in [2.45, 2.75) is 11.5 Å². The zero-order valence-corrected chi connectivity index (χ0v) is 26.7. The Bertz CT molecular complexity index is 1860. The van der Waals surface area contributed by atoms with E-state index in [1.807, 2.05) is 66.7 Å². The lowest BCUT2D eigenvalue weighted by Gasteiger charge is -2.12. The maximum atomic E-state index is 13.5. The van der Waals surface area contributed by atoms with Crippen molar-refractivity contribution in [3.05, 3.63) is 165 Å². The lowest BCUT2D eigenvalue weighted by molar-refractivity contribution is -0.113. The minimum Gasteiger partial charge on any atom is -0.489 e. The van der Waals surface area contributed by atoms with Crippen molar-refractivity contribution in [2.75, 3.05) is 11.1 Å². The molecule has 0 atom stereocenters. The number of carbonyl (C=O) groups is 3. The summed E-state index contributed by atoms with van der Waals surface area (Å²) in [5.41, 5.74) is 3.09. The predicted octanol–water partition coefficient (Wildman–Crippen LogP) is 8.96. The fraction of sp³-hybridized carbons (Fsp3) is 0.0541. The fourth-order valence-electron chi connectivity index (χ4n) is 4.31. The molecule has 0 aromatic heterocycles. The van der Waals surface area contributed by atoms with Crippen LogP contribution in [0.25, 0.3) is 6.08 Å². The summed E-state index contributed by atoms with van der Waals surface area (Å²) in [5.74, 6) is -0.270. The number of thioether (sulfide) groups is 1. The molecule has 2 amide bonds. The van der Waals surface area contributed by atoms with E-state index in [1.54, 1.807) is 60.7 Å². The Morgan fingerprint density at radius 3 is 2.20 bits per heavy atom. The standard InChI is InChI=1S/C37H28Cl2N2O4S/c38-28-16-19-32(33(39)21-28)35(42)24-46-31-13-7-12-29(22-31)40-37(44)34(41-36(43)27-10-5-2-6-11-27)20-25-14-17-30(18-15-25)45-23-26-8-3-1-4-9-26/h1-22H,23-24H2,(H,40,44)(H,41,43)/b34-20-. The van der Waals surface area contributed by atoms with Gasteiger partial charge in [-0.3, -0.25) is 14.4 Å². The van der Waals surface area contributed by atoms with Crippen molar-refractivity contribution >= 4 is 64.3 Å². The summed E-state index contributed by atoms with van der Waals surface area (Å²) >= 11 is 13.5. The molecule has 0 heterocycles. The number of hydrogen-bond acceptors (Lipinski definition) is 5. The number of rotatable bonds is 12. The largest absolute Gasteiger partial charge is 0.489 e. The van der Waals surface area contributed by atoms with Gasteiger partial charge in [-0.05, 0) is 77.9 Å². The topological polar surface area (TPSA) is 84.5 Å². The van der Waals surface area contributed by atoms with Crippen LogP contribution in [0.1, 0.15) is 31.8 Å². The molecule has 6 nitrogen and oxygen atoms in total. The van der Waals surface area contributed by atoms with Crippen LogP contribution >= 0.6 is 35.0 Å². The number of Topliss-reactive ketones (excluding diaryl/α,β-unsaturated/α-hetero) is 1. The van der Waals surface area contributed by atoms with Crippen LogP contribution in [-0.2, 0) is 11.4 Å². The number of benzene rings is 5. The molecule has 0 aliphatic carbocycles. The zero-order valence-electron chi connectivity index (χ0n) is 24.4. The quantitative estimate of drug-likeness (QED) is 0.0789. The summed E-state index contributed by atoms with van der Waals surface area (Å²) in [5, 5.41) is 6.37. The molecule has 230 valence electrons. The zero-order chi connectivity index (χ0) is 32.3. The molecule has 0 fully saturated rings. The second-order valence-corrected chi connectivity index (χ2v) is 11.9. The minimum absolute atomic E-state index is 0.0532. The monoisotopic (exact) mass is 666 g/mol. The summed E-state index contributed by atoms with van der Waals surface area (Å²) in [4.78, 5) is 40.1. The number of halogens is 2. The van der Waals surface area contributed by atoms with Crippen LogP contribution in [0.3, 0.4) is 0 Å².